The second kappa shape index (κ2) is 5.86. The lowest BCUT2D eigenvalue weighted by Gasteiger charge is -2.01. The van der Waals surface area contributed by atoms with Crippen LogP contribution < -0.4 is 10.3 Å². The van der Waals surface area contributed by atoms with Crippen molar-refractivity contribution in [2.45, 2.75) is 0 Å². The number of methoxy groups -OCH3 is 1. The first-order valence-electron chi connectivity index (χ1n) is 7.53. The highest BCUT2D eigenvalue weighted by atomic mass is 19.1. The maximum Gasteiger partial charge on any atom is 0.298 e. The summed E-state index contributed by atoms with van der Waals surface area (Å²) in [7, 11) is 1.57. The zero-order valence-electron chi connectivity index (χ0n) is 13.2. The molecular weight excluding hydrogens is 323 g/mol. The summed E-state index contributed by atoms with van der Waals surface area (Å²) in [5.41, 5.74) is 1.98. The van der Waals surface area contributed by atoms with Crippen molar-refractivity contribution in [3.8, 4) is 5.75 Å². The molecule has 0 aliphatic rings. The molecule has 25 heavy (non-hydrogen) atoms. The Labute approximate surface area is 141 Å². The molecule has 124 valence electrons. The van der Waals surface area contributed by atoms with Gasteiger partial charge in [-0.25, -0.2) is 9.37 Å². The number of fused-ring (bicyclic) bond motifs is 3. The molecule has 0 amide bonds. The van der Waals surface area contributed by atoms with Crippen LogP contribution in [0.3, 0.4) is 0 Å². The number of aromatic nitrogens is 3. The highest BCUT2D eigenvalue weighted by Crippen LogP contribution is 2.30. The van der Waals surface area contributed by atoms with Crippen LogP contribution in [-0.4, -0.2) is 28.0 Å². The van der Waals surface area contributed by atoms with E-state index in [0.29, 0.717) is 22.3 Å². The third-order valence-corrected chi connectivity index (χ3v) is 3.90. The number of H-pyrrole nitrogens is 1. The first-order valence-corrected chi connectivity index (χ1v) is 7.53. The number of ether oxygens (including phenoxy) is 1. The third kappa shape index (κ3) is 2.55. The van der Waals surface area contributed by atoms with Crippen molar-refractivity contribution in [3.63, 3.8) is 0 Å². The lowest BCUT2D eigenvalue weighted by molar-refractivity contribution is 0.420. The molecule has 2 aromatic heterocycles. The molecule has 6 nitrogen and oxygen atoms in total. The summed E-state index contributed by atoms with van der Waals surface area (Å²) < 4.78 is 19.4. The number of rotatable bonds is 3. The van der Waals surface area contributed by atoms with E-state index in [4.69, 9.17) is 4.74 Å². The van der Waals surface area contributed by atoms with Crippen molar-refractivity contribution in [2.24, 2.45) is 5.10 Å². The van der Waals surface area contributed by atoms with Crippen molar-refractivity contribution in [3.05, 3.63) is 70.5 Å². The topological polar surface area (TPSA) is 72.3 Å². The van der Waals surface area contributed by atoms with Crippen molar-refractivity contribution in [2.75, 3.05) is 7.11 Å². The predicted octanol–water partition coefficient (Wildman–Crippen LogP) is 2.91. The molecule has 1 N–H and O–H groups in total. The first-order chi connectivity index (χ1) is 12.2. The minimum absolute atomic E-state index is 0.329. The van der Waals surface area contributed by atoms with Gasteiger partial charge in [0.1, 0.15) is 28.9 Å². The van der Waals surface area contributed by atoms with Gasteiger partial charge in [0.25, 0.3) is 5.56 Å². The van der Waals surface area contributed by atoms with Crippen molar-refractivity contribution < 1.29 is 9.13 Å². The fourth-order valence-corrected chi connectivity index (χ4v) is 2.69. The van der Waals surface area contributed by atoms with Gasteiger partial charge in [0.2, 0.25) is 0 Å². The van der Waals surface area contributed by atoms with E-state index in [1.807, 2.05) is 18.2 Å². The van der Waals surface area contributed by atoms with Gasteiger partial charge in [-0.1, -0.05) is 18.2 Å². The van der Waals surface area contributed by atoms with Gasteiger partial charge >= 0.3 is 0 Å². The van der Waals surface area contributed by atoms with E-state index < -0.39 is 0 Å². The summed E-state index contributed by atoms with van der Waals surface area (Å²) in [6, 6.07) is 11.3. The number of hydrogen-bond acceptors (Lipinski definition) is 4. The smallest absolute Gasteiger partial charge is 0.298 e. The zero-order chi connectivity index (χ0) is 17.4. The minimum atomic E-state index is -0.332. The Balaban J connectivity index is 1.84. The molecule has 0 saturated heterocycles. The summed E-state index contributed by atoms with van der Waals surface area (Å²) in [6.45, 7) is 0. The van der Waals surface area contributed by atoms with Crippen LogP contribution in [0.25, 0.3) is 21.9 Å². The Morgan fingerprint density at radius 1 is 1.24 bits per heavy atom. The Hall–Kier alpha value is -3.48. The van der Waals surface area contributed by atoms with E-state index in [1.54, 1.807) is 19.2 Å². The lowest BCUT2D eigenvalue weighted by Crippen LogP contribution is -2.17. The molecule has 4 rings (SSSR count). The van der Waals surface area contributed by atoms with Crippen molar-refractivity contribution in [1.29, 1.82) is 0 Å². The number of benzene rings is 2. The molecule has 0 bridgehead atoms. The fraction of sp³-hybridized carbons (Fsp3) is 0.0556. The van der Waals surface area contributed by atoms with Crippen LogP contribution in [0, 0.1) is 5.82 Å². The van der Waals surface area contributed by atoms with Crippen LogP contribution in [-0.2, 0) is 0 Å². The molecule has 0 unspecified atom stereocenters. The molecule has 2 heterocycles. The molecule has 0 aliphatic carbocycles. The van der Waals surface area contributed by atoms with Gasteiger partial charge in [-0.05, 0) is 29.8 Å². The van der Waals surface area contributed by atoms with Crippen LogP contribution in [0.1, 0.15) is 5.56 Å². The molecule has 0 radical (unpaired) electrons. The molecular formula is C18H13FN4O2. The molecule has 0 fully saturated rings. The summed E-state index contributed by atoms with van der Waals surface area (Å²) in [5.74, 6) is 0.313. The largest absolute Gasteiger partial charge is 0.496 e. The number of halogens is 1. The number of aromatic amines is 1. The van der Waals surface area contributed by atoms with Crippen LogP contribution >= 0.6 is 0 Å². The number of hydrogen-bond donors (Lipinski definition) is 1. The Morgan fingerprint density at radius 2 is 2.04 bits per heavy atom. The second-order valence-electron chi connectivity index (χ2n) is 5.42. The third-order valence-electron chi connectivity index (χ3n) is 3.90. The highest BCUT2D eigenvalue weighted by Gasteiger charge is 2.13. The number of nitrogens with zero attached hydrogens (tertiary/aromatic N) is 3. The quantitative estimate of drug-likeness (QED) is 0.585. The monoisotopic (exact) mass is 336 g/mol. The van der Waals surface area contributed by atoms with Crippen LogP contribution in [0.4, 0.5) is 4.39 Å². The van der Waals surface area contributed by atoms with Crippen LogP contribution in [0.15, 0.2) is 58.7 Å². The van der Waals surface area contributed by atoms with E-state index in [9.17, 15) is 9.18 Å². The van der Waals surface area contributed by atoms with Crippen LogP contribution in [0.2, 0.25) is 0 Å². The maximum absolute atomic E-state index is 12.9. The molecule has 0 atom stereocenters. The van der Waals surface area contributed by atoms with E-state index >= 15 is 0 Å². The Kier molecular flexibility index (Phi) is 3.53. The van der Waals surface area contributed by atoms with Gasteiger partial charge in [-0.15, -0.1) is 0 Å². The highest BCUT2D eigenvalue weighted by molar-refractivity contribution is 6.07. The summed E-state index contributed by atoms with van der Waals surface area (Å²) in [5, 5.41) is 4.87. The van der Waals surface area contributed by atoms with Gasteiger partial charge in [-0.2, -0.15) is 9.78 Å². The lowest BCUT2D eigenvalue weighted by atomic mass is 10.2. The van der Waals surface area contributed by atoms with Gasteiger partial charge in [0.05, 0.1) is 24.2 Å². The average Bonchev–Trinajstić information content (AvgIpc) is 3.02. The first kappa shape index (κ1) is 15.1. The van der Waals surface area contributed by atoms with Gasteiger partial charge < -0.3 is 9.72 Å². The molecule has 4 aromatic rings. The SMILES string of the molecule is COc1cccc2[nH]c3c(=O)n(/N=C\c4ccc(F)cc4)cnc3c12. The fourth-order valence-electron chi connectivity index (χ4n) is 2.69. The van der Waals surface area contributed by atoms with Gasteiger partial charge in [0.15, 0.2) is 0 Å². The van der Waals surface area contributed by atoms with Gasteiger partial charge in [0, 0.05) is 0 Å². The Morgan fingerprint density at radius 3 is 2.80 bits per heavy atom. The van der Waals surface area contributed by atoms with E-state index in [2.05, 4.69) is 15.1 Å². The molecule has 0 aliphatic heterocycles. The van der Waals surface area contributed by atoms with Crippen molar-refractivity contribution in [1.82, 2.24) is 14.6 Å². The average molecular weight is 336 g/mol. The van der Waals surface area contributed by atoms with Gasteiger partial charge in [-0.3, -0.25) is 4.79 Å². The molecule has 0 saturated carbocycles. The summed E-state index contributed by atoms with van der Waals surface area (Å²) in [6.07, 6.45) is 2.82. The second-order valence-corrected chi connectivity index (χ2v) is 5.42. The molecule has 0 spiro atoms. The minimum Gasteiger partial charge on any atom is -0.496 e. The predicted molar refractivity (Wildman–Crippen MR) is 93.8 cm³/mol. The van der Waals surface area contributed by atoms with Crippen LogP contribution in [0.5, 0.6) is 5.75 Å². The summed E-state index contributed by atoms with van der Waals surface area (Å²) in [4.78, 5) is 20.1. The molecule has 7 heteroatoms. The van der Waals surface area contributed by atoms with E-state index in [1.165, 1.54) is 24.7 Å². The zero-order valence-corrected chi connectivity index (χ0v) is 13.2. The maximum atomic E-state index is 12.9. The van der Waals surface area contributed by atoms with Crippen molar-refractivity contribution >= 4 is 28.2 Å². The summed E-state index contributed by atoms with van der Waals surface area (Å²) >= 11 is 0. The normalized spacial score (nSPS) is 11.6. The standard InChI is InChI=1S/C18H13FN4O2/c1-25-14-4-2-3-13-15(14)16-17(22-13)18(24)23(10-20-16)21-9-11-5-7-12(19)8-6-11/h2-10,22H,1H3/b21-9-. The van der Waals surface area contributed by atoms with E-state index in [0.717, 1.165) is 15.6 Å². The molecule has 2 aromatic carbocycles. The number of nitrogens with one attached hydrogen (secondary N) is 1. The van der Waals surface area contributed by atoms with E-state index in [-0.39, 0.29) is 11.4 Å². The Bertz CT molecular complexity index is 1160.